The van der Waals surface area contributed by atoms with Gasteiger partial charge in [0.2, 0.25) is 0 Å². The number of carbonyl (C=O) groups is 1. The van der Waals surface area contributed by atoms with Crippen LogP contribution in [-0.4, -0.2) is 10.9 Å². The van der Waals surface area contributed by atoms with Crippen molar-refractivity contribution in [3.63, 3.8) is 0 Å². The van der Waals surface area contributed by atoms with E-state index in [-0.39, 0.29) is 0 Å². The Morgan fingerprint density at radius 2 is 2.30 bits per heavy atom. The van der Waals surface area contributed by atoms with Crippen LogP contribution in [0.1, 0.15) is 23.1 Å². The van der Waals surface area contributed by atoms with Gasteiger partial charge in [-0.1, -0.05) is 0 Å². The number of hydrogen-bond acceptors (Lipinski definition) is 1. The van der Waals surface area contributed by atoms with Crippen molar-refractivity contribution in [2.75, 3.05) is 0 Å². The summed E-state index contributed by atoms with van der Waals surface area (Å²) < 4.78 is 1.98. The lowest BCUT2D eigenvalue weighted by Crippen LogP contribution is -2.00. The van der Waals surface area contributed by atoms with Gasteiger partial charge in [0.15, 0.2) is 6.29 Å². The van der Waals surface area contributed by atoms with Crippen molar-refractivity contribution in [2.45, 2.75) is 20.4 Å². The van der Waals surface area contributed by atoms with Crippen LogP contribution in [0.25, 0.3) is 0 Å². The van der Waals surface area contributed by atoms with E-state index in [9.17, 15) is 4.79 Å². The average molecular weight is 137 g/mol. The van der Waals surface area contributed by atoms with Gasteiger partial charge >= 0.3 is 0 Å². The molecule has 0 aliphatic rings. The molecule has 0 saturated heterocycles. The summed E-state index contributed by atoms with van der Waals surface area (Å²) in [5.41, 5.74) is 1.91. The molecule has 0 radical (unpaired) electrons. The first-order chi connectivity index (χ1) is 4.79. The molecule has 1 rings (SSSR count). The van der Waals surface area contributed by atoms with Gasteiger partial charge in [-0.15, -0.1) is 0 Å². The number of nitrogens with zero attached hydrogens (tertiary/aromatic N) is 1. The number of aldehydes is 1. The molecule has 0 amide bonds. The van der Waals surface area contributed by atoms with Crippen molar-refractivity contribution in [3.8, 4) is 0 Å². The summed E-state index contributed by atoms with van der Waals surface area (Å²) in [5, 5.41) is 0. The van der Waals surface area contributed by atoms with E-state index in [2.05, 4.69) is 0 Å². The zero-order valence-electron chi connectivity index (χ0n) is 6.29. The molecule has 10 heavy (non-hydrogen) atoms. The van der Waals surface area contributed by atoms with Gasteiger partial charge in [-0.2, -0.15) is 0 Å². The number of hydrogen-bond donors (Lipinski definition) is 0. The first kappa shape index (κ1) is 7.06. The molecule has 1 aromatic rings. The molecule has 2 nitrogen and oxygen atoms in total. The van der Waals surface area contributed by atoms with Crippen molar-refractivity contribution < 1.29 is 4.79 Å². The number of rotatable bonds is 2. The van der Waals surface area contributed by atoms with Crippen LogP contribution in [0, 0.1) is 6.92 Å². The third-order valence-corrected chi connectivity index (χ3v) is 1.67. The molecule has 1 aromatic heterocycles. The van der Waals surface area contributed by atoms with Gasteiger partial charge in [-0.3, -0.25) is 4.79 Å². The van der Waals surface area contributed by atoms with Crippen LogP contribution in [0.4, 0.5) is 0 Å². The first-order valence-corrected chi connectivity index (χ1v) is 3.41. The van der Waals surface area contributed by atoms with Crippen LogP contribution < -0.4 is 0 Å². The predicted molar refractivity (Wildman–Crippen MR) is 40.2 cm³/mol. The normalized spacial score (nSPS) is 9.80. The van der Waals surface area contributed by atoms with Crippen molar-refractivity contribution in [2.24, 2.45) is 0 Å². The fourth-order valence-electron chi connectivity index (χ4n) is 1.12. The van der Waals surface area contributed by atoms with E-state index in [1.54, 1.807) is 0 Å². The molecule has 1 heterocycles. The summed E-state index contributed by atoms with van der Waals surface area (Å²) in [7, 11) is 0. The molecule has 0 spiro atoms. The maximum absolute atomic E-state index is 10.4. The van der Waals surface area contributed by atoms with E-state index in [1.165, 1.54) is 0 Å². The van der Waals surface area contributed by atoms with Gasteiger partial charge < -0.3 is 4.57 Å². The quantitative estimate of drug-likeness (QED) is 0.568. The van der Waals surface area contributed by atoms with Crippen molar-refractivity contribution in [3.05, 3.63) is 23.5 Å². The second-order valence-corrected chi connectivity index (χ2v) is 2.26. The number of aromatic nitrogens is 1. The number of carbonyl (C=O) groups excluding carboxylic acids is 1. The van der Waals surface area contributed by atoms with E-state index in [0.29, 0.717) is 0 Å². The van der Waals surface area contributed by atoms with E-state index >= 15 is 0 Å². The molecule has 54 valence electrons. The Bertz CT molecular complexity index is 237. The van der Waals surface area contributed by atoms with Gasteiger partial charge in [0.05, 0.1) is 5.69 Å². The standard InChI is InChI=1S/C8H11NO/c1-3-9-7(2)4-5-8(9)6-10/h4-6H,3H2,1-2H3. The first-order valence-electron chi connectivity index (χ1n) is 3.41. The highest BCUT2D eigenvalue weighted by Gasteiger charge is 1.99. The molecule has 0 N–H and O–H groups in total. The summed E-state index contributed by atoms with van der Waals surface area (Å²) >= 11 is 0. The van der Waals surface area contributed by atoms with Gasteiger partial charge in [-0.05, 0) is 26.0 Å². The topological polar surface area (TPSA) is 22.0 Å². The van der Waals surface area contributed by atoms with Gasteiger partial charge in [0.25, 0.3) is 0 Å². The minimum Gasteiger partial charge on any atom is -0.343 e. The smallest absolute Gasteiger partial charge is 0.166 e. The van der Waals surface area contributed by atoms with Gasteiger partial charge in [-0.25, -0.2) is 0 Å². The largest absolute Gasteiger partial charge is 0.343 e. The lowest BCUT2D eigenvalue weighted by atomic mass is 10.5. The molecule has 0 unspecified atom stereocenters. The van der Waals surface area contributed by atoms with E-state index in [1.807, 2.05) is 30.5 Å². The Hall–Kier alpha value is -1.05. The Kier molecular flexibility index (Phi) is 1.90. The fourth-order valence-corrected chi connectivity index (χ4v) is 1.12. The van der Waals surface area contributed by atoms with Crippen LogP contribution in [0.15, 0.2) is 12.1 Å². The third kappa shape index (κ3) is 0.967. The zero-order chi connectivity index (χ0) is 7.56. The van der Waals surface area contributed by atoms with Crippen LogP contribution in [0.5, 0.6) is 0 Å². The zero-order valence-corrected chi connectivity index (χ0v) is 6.29. The molecule has 0 atom stereocenters. The molecule has 2 heteroatoms. The summed E-state index contributed by atoms with van der Waals surface area (Å²) in [5.74, 6) is 0. The monoisotopic (exact) mass is 137 g/mol. The highest BCUT2D eigenvalue weighted by molar-refractivity contribution is 5.72. The van der Waals surface area contributed by atoms with E-state index in [0.717, 1.165) is 24.2 Å². The Morgan fingerprint density at radius 1 is 1.60 bits per heavy atom. The summed E-state index contributed by atoms with van der Waals surface area (Å²) in [6.45, 7) is 4.89. The molecule has 0 saturated carbocycles. The molecule has 0 aromatic carbocycles. The summed E-state index contributed by atoms with van der Waals surface area (Å²) in [4.78, 5) is 10.4. The van der Waals surface area contributed by atoms with Crippen molar-refractivity contribution >= 4 is 6.29 Å². The third-order valence-electron chi connectivity index (χ3n) is 1.67. The maximum atomic E-state index is 10.4. The molecule has 0 aliphatic carbocycles. The molecular weight excluding hydrogens is 126 g/mol. The van der Waals surface area contributed by atoms with E-state index in [4.69, 9.17) is 0 Å². The van der Waals surface area contributed by atoms with Crippen LogP contribution in [-0.2, 0) is 6.54 Å². The Balaban J connectivity index is 3.12. The summed E-state index contributed by atoms with van der Waals surface area (Å²) in [6, 6.07) is 3.79. The Morgan fingerprint density at radius 3 is 2.70 bits per heavy atom. The summed E-state index contributed by atoms with van der Waals surface area (Å²) in [6.07, 6.45) is 0.885. The lowest BCUT2D eigenvalue weighted by Gasteiger charge is -2.01. The van der Waals surface area contributed by atoms with Crippen molar-refractivity contribution in [1.29, 1.82) is 0 Å². The van der Waals surface area contributed by atoms with Crippen molar-refractivity contribution in [1.82, 2.24) is 4.57 Å². The minimum atomic E-state index is 0.764. The average Bonchev–Trinajstić information content (AvgIpc) is 2.30. The molecule has 0 fully saturated rings. The lowest BCUT2D eigenvalue weighted by molar-refractivity contribution is 0.111. The second-order valence-electron chi connectivity index (χ2n) is 2.26. The fraction of sp³-hybridized carbons (Fsp3) is 0.375. The van der Waals surface area contributed by atoms with E-state index < -0.39 is 0 Å². The van der Waals surface area contributed by atoms with Gasteiger partial charge in [0, 0.05) is 12.2 Å². The van der Waals surface area contributed by atoms with Crippen LogP contribution in [0.2, 0.25) is 0 Å². The van der Waals surface area contributed by atoms with Gasteiger partial charge in [0.1, 0.15) is 0 Å². The minimum absolute atomic E-state index is 0.764. The Labute approximate surface area is 60.5 Å². The maximum Gasteiger partial charge on any atom is 0.166 e. The highest BCUT2D eigenvalue weighted by Crippen LogP contribution is 2.04. The van der Waals surface area contributed by atoms with Crippen LogP contribution >= 0.6 is 0 Å². The van der Waals surface area contributed by atoms with Crippen LogP contribution in [0.3, 0.4) is 0 Å². The SMILES string of the molecule is CCn1c(C)ccc1C=O. The predicted octanol–water partition coefficient (Wildman–Crippen LogP) is 1.63. The molecular formula is C8H11NO. The highest BCUT2D eigenvalue weighted by atomic mass is 16.1. The number of aryl methyl sites for hydroxylation is 1. The molecule has 0 bridgehead atoms. The molecule has 0 aliphatic heterocycles. The second kappa shape index (κ2) is 2.69.